The molecule has 0 aliphatic carbocycles. The lowest BCUT2D eigenvalue weighted by Gasteiger charge is -2.32. The number of ether oxygens (including phenoxy) is 1. The number of rotatable bonds is 5. The molecule has 2 aromatic heterocycles. The minimum absolute atomic E-state index is 0.0187. The summed E-state index contributed by atoms with van der Waals surface area (Å²) in [6, 6.07) is 6.06. The third-order valence-electron chi connectivity index (χ3n) is 4.61. The SMILES string of the molecule is CC(C)Oc1nccnc1N1CCCC(c2nc(-c3ccc(F)cc3)no2)C1. The Labute approximate surface area is 162 Å². The summed E-state index contributed by atoms with van der Waals surface area (Å²) in [5.74, 6) is 2.12. The first kappa shape index (κ1) is 18.3. The Morgan fingerprint density at radius 3 is 2.75 bits per heavy atom. The lowest BCUT2D eigenvalue weighted by atomic mass is 9.98. The number of aromatic nitrogens is 4. The summed E-state index contributed by atoms with van der Waals surface area (Å²) in [4.78, 5) is 15.5. The van der Waals surface area contributed by atoms with Gasteiger partial charge in [0.2, 0.25) is 11.7 Å². The van der Waals surface area contributed by atoms with E-state index in [-0.39, 0.29) is 17.8 Å². The average Bonchev–Trinajstić information content (AvgIpc) is 3.19. The fourth-order valence-electron chi connectivity index (χ4n) is 3.33. The van der Waals surface area contributed by atoms with Crippen molar-refractivity contribution >= 4 is 5.82 Å². The van der Waals surface area contributed by atoms with Crippen LogP contribution in [0.4, 0.5) is 10.2 Å². The zero-order valence-electron chi connectivity index (χ0n) is 15.9. The fourth-order valence-corrected chi connectivity index (χ4v) is 3.33. The van der Waals surface area contributed by atoms with Gasteiger partial charge in [-0.1, -0.05) is 5.16 Å². The monoisotopic (exact) mass is 383 g/mol. The van der Waals surface area contributed by atoms with Crippen LogP contribution >= 0.6 is 0 Å². The van der Waals surface area contributed by atoms with Crippen LogP contribution in [0.5, 0.6) is 5.88 Å². The van der Waals surface area contributed by atoms with E-state index < -0.39 is 0 Å². The van der Waals surface area contributed by atoms with Crippen molar-refractivity contribution in [1.29, 1.82) is 0 Å². The second-order valence-corrected chi connectivity index (χ2v) is 7.10. The molecule has 1 aliphatic rings. The zero-order valence-corrected chi connectivity index (χ0v) is 15.9. The van der Waals surface area contributed by atoms with Crippen LogP contribution in [-0.2, 0) is 0 Å². The Bertz CT molecular complexity index is 928. The summed E-state index contributed by atoms with van der Waals surface area (Å²) in [6.45, 7) is 5.49. The summed E-state index contributed by atoms with van der Waals surface area (Å²) in [5, 5.41) is 4.07. The van der Waals surface area contributed by atoms with Crippen molar-refractivity contribution in [3.8, 4) is 17.3 Å². The van der Waals surface area contributed by atoms with Gasteiger partial charge in [-0.15, -0.1) is 0 Å². The summed E-state index contributed by atoms with van der Waals surface area (Å²) in [7, 11) is 0. The molecule has 0 saturated carbocycles. The highest BCUT2D eigenvalue weighted by Crippen LogP contribution is 2.32. The van der Waals surface area contributed by atoms with Crippen molar-refractivity contribution in [1.82, 2.24) is 20.1 Å². The summed E-state index contributed by atoms with van der Waals surface area (Å²) in [5.41, 5.74) is 0.727. The first-order valence-electron chi connectivity index (χ1n) is 9.42. The lowest BCUT2D eigenvalue weighted by molar-refractivity contribution is 0.231. The van der Waals surface area contributed by atoms with Crippen LogP contribution in [0.15, 0.2) is 41.2 Å². The number of nitrogens with zero attached hydrogens (tertiary/aromatic N) is 5. The first-order chi connectivity index (χ1) is 13.6. The largest absolute Gasteiger partial charge is 0.472 e. The van der Waals surface area contributed by atoms with Crippen molar-refractivity contribution in [3.63, 3.8) is 0 Å². The molecule has 1 atom stereocenters. The van der Waals surface area contributed by atoms with Gasteiger partial charge in [0.05, 0.1) is 12.0 Å². The highest BCUT2D eigenvalue weighted by atomic mass is 19.1. The lowest BCUT2D eigenvalue weighted by Crippen LogP contribution is -2.35. The van der Waals surface area contributed by atoms with Gasteiger partial charge in [-0.3, -0.25) is 0 Å². The fraction of sp³-hybridized carbons (Fsp3) is 0.400. The maximum absolute atomic E-state index is 13.1. The van der Waals surface area contributed by atoms with E-state index in [1.54, 1.807) is 24.5 Å². The van der Waals surface area contributed by atoms with E-state index in [9.17, 15) is 4.39 Å². The second kappa shape index (κ2) is 7.92. The van der Waals surface area contributed by atoms with E-state index in [1.807, 2.05) is 13.8 Å². The highest BCUT2D eigenvalue weighted by molar-refractivity contribution is 5.54. The van der Waals surface area contributed by atoms with Gasteiger partial charge in [-0.05, 0) is 51.0 Å². The molecule has 1 aliphatic heterocycles. The van der Waals surface area contributed by atoms with E-state index in [0.717, 1.165) is 30.8 Å². The number of hydrogen-bond acceptors (Lipinski definition) is 7. The predicted molar refractivity (Wildman–Crippen MR) is 102 cm³/mol. The van der Waals surface area contributed by atoms with Crippen molar-refractivity contribution in [2.24, 2.45) is 0 Å². The van der Waals surface area contributed by atoms with E-state index in [2.05, 4.69) is 25.0 Å². The van der Waals surface area contributed by atoms with Crippen molar-refractivity contribution in [3.05, 3.63) is 48.4 Å². The molecule has 1 aromatic carbocycles. The molecule has 0 radical (unpaired) electrons. The van der Waals surface area contributed by atoms with Gasteiger partial charge in [0.15, 0.2) is 5.82 Å². The van der Waals surface area contributed by atoms with Crippen molar-refractivity contribution < 1.29 is 13.7 Å². The average molecular weight is 383 g/mol. The molecule has 0 amide bonds. The first-order valence-corrected chi connectivity index (χ1v) is 9.42. The van der Waals surface area contributed by atoms with E-state index >= 15 is 0 Å². The van der Waals surface area contributed by atoms with Gasteiger partial charge in [0, 0.05) is 31.0 Å². The molecule has 1 fully saturated rings. The molecule has 7 nitrogen and oxygen atoms in total. The molecule has 0 bridgehead atoms. The molecule has 1 saturated heterocycles. The summed E-state index contributed by atoms with van der Waals surface area (Å²) < 4.78 is 24.5. The quantitative estimate of drug-likeness (QED) is 0.662. The van der Waals surface area contributed by atoms with Crippen LogP contribution in [0.3, 0.4) is 0 Å². The molecular formula is C20H22FN5O2. The van der Waals surface area contributed by atoms with Crippen LogP contribution < -0.4 is 9.64 Å². The summed E-state index contributed by atoms with van der Waals surface area (Å²) in [6.07, 6.45) is 5.24. The van der Waals surface area contributed by atoms with Crippen molar-refractivity contribution in [2.45, 2.75) is 38.7 Å². The Kier molecular flexibility index (Phi) is 5.18. The van der Waals surface area contributed by atoms with E-state index in [0.29, 0.717) is 24.1 Å². The van der Waals surface area contributed by atoms with Crippen LogP contribution in [0.2, 0.25) is 0 Å². The van der Waals surface area contributed by atoms with E-state index in [1.165, 1.54) is 12.1 Å². The normalized spacial score (nSPS) is 17.1. The summed E-state index contributed by atoms with van der Waals surface area (Å²) >= 11 is 0. The Hall–Kier alpha value is -3.03. The molecule has 0 spiro atoms. The number of hydrogen-bond donors (Lipinski definition) is 0. The highest BCUT2D eigenvalue weighted by Gasteiger charge is 2.29. The maximum Gasteiger partial charge on any atom is 0.257 e. The van der Waals surface area contributed by atoms with Gasteiger partial charge in [0.25, 0.3) is 5.88 Å². The third-order valence-corrected chi connectivity index (χ3v) is 4.61. The van der Waals surface area contributed by atoms with Gasteiger partial charge < -0.3 is 14.2 Å². The minimum Gasteiger partial charge on any atom is -0.472 e. The number of benzene rings is 1. The smallest absolute Gasteiger partial charge is 0.257 e. The van der Waals surface area contributed by atoms with Gasteiger partial charge >= 0.3 is 0 Å². The molecule has 8 heteroatoms. The second-order valence-electron chi connectivity index (χ2n) is 7.10. The minimum atomic E-state index is -0.293. The Morgan fingerprint density at radius 2 is 1.96 bits per heavy atom. The number of halogens is 1. The standard InChI is InChI=1S/C20H22FN5O2/c1-13(2)27-20-18(22-9-10-23-20)26-11-3-4-15(12-26)19-24-17(25-28-19)14-5-7-16(21)8-6-14/h5-10,13,15H,3-4,11-12H2,1-2H3. The third kappa shape index (κ3) is 3.95. The van der Waals surface area contributed by atoms with Crippen LogP contribution in [-0.4, -0.2) is 39.3 Å². The van der Waals surface area contributed by atoms with Crippen LogP contribution in [0.1, 0.15) is 38.5 Å². The molecule has 28 heavy (non-hydrogen) atoms. The topological polar surface area (TPSA) is 77.2 Å². The maximum atomic E-state index is 13.1. The molecule has 4 rings (SSSR count). The van der Waals surface area contributed by atoms with Gasteiger partial charge in [-0.25, -0.2) is 14.4 Å². The Morgan fingerprint density at radius 1 is 1.18 bits per heavy atom. The molecule has 0 N–H and O–H groups in total. The molecule has 146 valence electrons. The van der Waals surface area contributed by atoms with Crippen LogP contribution in [0, 0.1) is 5.82 Å². The van der Waals surface area contributed by atoms with Gasteiger partial charge in [-0.2, -0.15) is 4.98 Å². The number of anilines is 1. The van der Waals surface area contributed by atoms with Crippen LogP contribution in [0.25, 0.3) is 11.4 Å². The molecule has 1 unspecified atom stereocenters. The number of piperidine rings is 1. The van der Waals surface area contributed by atoms with E-state index in [4.69, 9.17) is 9.26 Å². The zero-order chi connectivity index (χ0) is 19.5. The van der Waals surface area contributed by atoms with Gasteiger partial charge in [0.1, 0.15) is 5.82 Å². The molecule has 3 heterocycles. The predicted octanol–water partition coefficient (Wildman–Crippen LogP) is 3.84. The van der Waals surface area contributed by atoms with Crippen molar-refractivity contribution in [2.75, 3.05) is 18.0 Å². The Balaban J connectivity index is 1.53. The molecule has 3 aromatic rings. The molecular weight excluding hydrogens is 361 g/mol.